The minimum Gasteiger partial charge on any atom is -0.470 e. The fraction of sp³-hybridized carbons (Fsp3) is 0.488. The second kappa shape index (κ2) is 15.1. The second-order valence-corrected chi connectivity index (χ2v) is 19.4. The molecule has 3 aliphatic carbocycles. The smallest absolute Gasteiger partial charge is 0.416 e. The van der Waals surface area contributed by atoms with E-state index in [1.54, 1.807) is 31.2 Å². The van der Waals surface area contributed by atoms with E-state index in [0.29, 0.717) is 61.4 Å². The molecule has 2 aromatic carbocycles. The van der Waals surface area contributed by atoms with Gasteiger partial charge in [-0.3, -0.25) is 23.9 Å². The Kier molecular flexibility index (Phi) is 10.1. The first-order valence-corrected chi connectivity index (χ1v) is 22.2. The van der Waals surface area contributed by atoms with E-state index in [-0.39, 0.29) is 54.1 Å². The van der Waals surface area contributed by atoms with Gasteiger partial charge in [-0.15, -0.1) is 0 Å². The lowest BCUT2D eigenvalue weighted by Gasteiger charge is -2.30. The van der Waals surface area contributed by atoms with E-state index in [1.807, 2.05) is 12.2 Å². The van der Waals surface area contributed by atoms with E-state index < -0.39 is 73.9 Å². The molecule has 322 valence electrons. The highest BCUT2D eigenvalue weighted by molar-refractivity contribution is 7.91. The lowest BCUT2D eigenvalue weighted by molar-refractivity contribution is -0.142. The number of furan rings is 1. The van der Waals surface area contributed by atoms with Crippen LogP contribution >= 0.6 is 0 Å². The predicted molar refractivity (Wildman–Crippen MR) is 215 cm³/mol. The van der Waals surface area contributed by atoms with E-state index >= 15 is 0 Å². The molecule has 2 aliphatic heterocycles. The fourth-order valence-corrected chi connectivity index (χ4v) is 9.63. The minimum absolute atomic E-state index is 0.0445. The Morgan fingerprint density at radius 3 is 2.48 bits per heavy atom. The molecule has 4 fully saturated rings. The van der Waals surface area contributed by atoms with Gasteiger partial charge in [-0.05, 0) is 82.6 Å². The Morgan fingerprint density at radius 2 is 1.75 bits per heavy atom. The highest BCUT2D eigenvalue weighted by Crippen LogP contribution is 2.48. The number of aromatic nitrogens is 2. The molecule has 0 unspecified atom stereocenters. The van der Waals surface area contributed by atoms with E-state index in [0.717, 1.165) is 25.0 Å². The zero-order valence-corrected chi connectivity index (χ0v) is 34.1. The third kappa shape index (κ3) is 7.94. The summed E-state index contributed by atoms with van der Waals surface area (Å²) in [5, 5.41) is 6.38. The highest BCUT2D eigenvalue weighted by Gasteiger charge is 2.63. The molecule has 1 saturated heterocycles. The van der Waals surface area contributed by atoms with Crippen molar-refractivity contribution in [3.63, 3.8) is 0 Å². The van der Waals surface area contributed by atoms with Gasteiger partial charge in [0.25, 0.3) is 11.8 Å². The maximum absolute atomic E-state index is 14.6. The summed E-state index contributed by atoms with van der Waals surface area (Å²) in [6.45, 7) is 1.41. The topological polar surface area (TPSA) is 190 Å². The van der Waals surface area contributed by atoms with Crippen molar-refractivity contribution in [3.05, 3.63) is 66.2 Å². The number of halogens is 3. The number of ether oxygens (including phenoxy) is 1. The average Bonchev–Trinajstić information content (AvgIpc) is 4.19. The summed E-state index contributed by atoms with van der Waals surface area (Å²) in [6, 6.07) is 9.20. The summed E-state index contributed by atoms with van der Waals surface area (Å²) in [5.74, 6) is -3.02. The summed E-state index contributed by atoms with van der Waals surface area (Å²) < 4.78 is 80.6. The van der Waals surface area contributed by atoms with Gasteiger partial charge in [0.2, 0.25) is 33.3 Å². The van der Waals surface area contributed by atoms with Gasteiger partial charge in [-0.2, -0.15) is 18.2 Å². The average molecular weight is 863 g/mol. The number of hydrogen-bond donors (Lipinski definition) is 3. The number of amides is 4. The lowest BCUT2D eigenvalue weighted by Crippen LogP contribution is -2.58. The van der Waals surface area contributed by atoms with E-state index in [4.69, 9.17) is 9.15 Å². The number of rotatable bonds is 8. The van der Waals surface area contributed by atoms with Crippen LogP contribution in [0.4, 0.5) is 13.2 Å². The predicted octanol–water partition coefficient (Wildman–Crippen LogP) is 5.70. The van der Waals surface area contributed by atoms with Crippen molar-refractivity contribution in [2.24, 2.45) is 11.8 Å². The van der Waals surface area contributed by atoms with Crippen molar-refractivity contribution in [1.29, 1.82) is 0 Å². The van der Waals surface area contributed by atoms with Crippen molar-refractivity contribution in [2.45, 2.75) is 112 Å². The Bertz CT molecular complexity index is 2570. The van der Waals surface area contributed by atoms with Gasteiger partial charge in [-0.1, -0.05) is 49.3 Å². The Labute approximate surface area is 349 Å². The number of nitrogens with one attached hydrogen (secondary N) is 3. The largest absolute Gasteiger partial charge is 0.470 e. The van der Waals surface area contributed by atoms with Gasteiger partial charge in [-0.25, -0.2) is 13.4 Å². The van der Waals surface area contributed by atoms with Gasteiger partial charge < -0.3 is 24.7 Å². The lowest BCUT2D eigenvalue weighted by atomic mass is 10.0. The van der Waals surface area contributed by atoms with Crippen LogP contribution in [0.15, 0.2) is 65.1 Å². The van der Waals surface area contributed by atoms with Crippen LogP contribution in [-0.2, 0) is 35.4 Å². The monoisotopic (exact) mass is 862 g/mol. The van der Waals surface area contributed by atoms with Crippen LogP contribution in [0.5, 0.6) is 5.88 Å². The zero-order chi connectivity index (χ0) is 42.9. The van der Waals surface area contributed by atoms with E-state index in [9.17, 15) is 40.8 Å². The number of carbonyl (C=O) groups is 4. The summed E-state index contributed by atoms with van der Waals surface area (Å²) >= 11 is 0. The first-order valence-electron chi connectivity index (χ1n) is 20.8. The van der Waals surface area contributed by atoms with Crippen LogP contribution in [0, 0.1) is 11.8 Å². The molecule has 2 aromatic heterocycles. The number of sulfonamides is 1. The summed E-state index contributed by atoms with van der Waals surface area (Å²) in [7, 11) is -4.05. The number of alkyl halides is 3. The molecular formula is C43H45F3N6O8S. The van der Waals surface area contributed by atoms with Crippen LogP contribution in [0.25, 0.3) is 33.5 Å². The third-order valence-electron chi connectivity index (χ3n) is 12.7. The molecule has 3 saturated carbocycles. The van der Waals surface area contributed by atoms with Gasteiger partial charge in [0.15, 0.2) is 5.82 Å². The number of para-hydroxylation sites is 1. The third-order valence-corrected chi connectivity index (χ3v) is 14.8. The van der Waals surface area contributed by atoms with Gasteiger partial charge in [0.1, 0.15) is 34.8 Å². The van der Waals surface area contributed by atoms with Crippen molar-refractivity contribution in [1.82, 2.24) is 30.2 Å². The molecule has 0 bridgehead atoms. The molecule has 14 nitrogen and oxygen atoms in total. The van der Waals surface area contributed by atoms with Crippen molar-refractivity contribution in [3.8, 4) is 17.3 Å². The first-order chi connectivity index (χ1) is 29.0. The molecule has 5 aliphatic rings. The van der Waals surface area contributed by atoms with Crippen LogP contribution in [0.3, 0.4) is 0 Å². The summed E-state index contributed by atoms with van der Waals surface area (Å²) in [4.78, 5) is 66.9. The first kappa shape index (κ1) is 40.9. The SMILES string of the molecule is CC1(S(=O)(=O)NC(=O)[C@@]23C[C@H]2C=CCCCCC[C@H](NC(=O)C2CC2)C(=O)N2C[C@H](Oc4nc(-c5ccc(C(F)(F)F)cc5)nc5c4oc4ccccc45)C[C@H]2C(=O)N3)CC1. The van der Waals surface area contributed by atoms with Crippen LogP contribution in [0.2, 0.25) is 0 Å². The molecule has 9 rings (SSSR count). The molecule has 4 amide bonds. The molecule has 0 radical (unpaired) electrons. The molecule has 0 spiro atoms. The quantitative estimate of drug-likeness (QED) is 0.186. The Hall–Kier alpha value is -5.52. The molecule has 61 heavy (non-hydrogen) atoms. The number of nitrogens with zero attached hydrogens (tertiary/aromatic N) is 3. The molecule has 4 aromatic rings. The van der Waals surface area contributed by atoms with Gasteiger partial charge in [0, 0.05) is 29.2 Å². The summed E-state index contributed by atoms with van der Waals surface area (Å²) in [6.07, 6.45) is 3.67. The molecule has 4 heterocycles. The molecule has 3 N–H and O–H groups in total. The van der Waals surface area contributed by atoms with Crippen LogP contribution in [0.1, 0.15) is 83.1 Å². The van der Waals surface area contributed by atoms with Crippen molar-refractivity contribution in [2.75, 3.05) is 6.54 Å². The highest BCUT2D eigenvalue weighted by atomic mass is 32.2. The zero-order valence-electron chi connectivity index (χ0n) is 33.3. The van der Waals surface area contributed by atoms with Crippen molar-refractivity contribution >= 4 is 55.7 Å². The molecular weight excluding hydrogens is 818 g/mol. The van der Waals surface area contributed by atoms with E-state index in [2.05, 4.69) is 25.3 Å². The maximum atomic E-state index is 14.6. The van der Waals surface area contributed by atoms with E-state index in [1.165, 1.54) is 17.0 Å². The van der Waals surface area contributed by atoms with Crippen molar-refractivity contribution < 1.29 is 49.9 Å². The number of hydrogen-bond acceptors (Lipinski definition) is 10. The number of fused-ring (bicyclic) bond motifs is 5. The van der Waals surface area contributed by atoms with Gasteiger partial charge >= 0.3 is 6.18 Å². The van der Waals surface area contributed by atoms with Crippen LogP contribution in [-0.4, -0.2) is 81.9 Å². The Morgan fingerprint density at radius 1 is 1.00 bits per heavy atom. The maximum Gasteiger partial charge on any atom is 0.416 e. The number of carbonyl (C=O) groups excluding carboxylic acids is 4. The van der Waals surface area contributed by atoms with Crippen LogP contribution < -0.4 is 20.1 Å². The Balaban J connectivity index is 1.06. The standard InChI is InChI=1S/C43H45F3N6O8S/c1-41(19-20-41)61(57,58)51-40(56)42-22-27(42)9-5-3-2-4-6-11-30(47-36(53)25-13-14-25)39(55)52-23-28(21-31(52)37(54)50-42)59-38-34-33(29-10-7-8-12-32(29)60-34)48-35(49-38)24-15-17-26(18-16-24)43(44,45)46/h5,7-10,12,15-18,25,27-28,30-31H,2-4,6,11,13-14,19-23H2,1H3,(H,47,53)(H,50,54)(H,51,56)/t27-,28-,30+,31+,42-/m1/s1. The minimum atomic E-state index is -4.56. The van der Waals surface area contributed by atoms with Gasteiger partial charge in [0.05, 0.1) is 16.9 Å². The molecule has 18 heteroatoms. The summed E-state index contributed by atoms with van der Waals surface area (Å²) in [5.41, 5.74) is -1.27. The number of benzene rings is 2. The fourth-order valence-electron chi connectivity index (χ4n) is 8.32. The molecule has 5 atom stereocenters. The normalized spacial score (nSPS) is 26.7. The second-order valence-electron chi connectivity index (χ2n) is 17.2. The number of allylic oxidation sites excluding steroid dienone is 1.